The van der Waals surface area contributed by atoms with Gasteiger partial charge in [0, 0.05) is 6.54 Å². The first-order valence-electron chi connectivity index (χ1n) is 5.98. The minimum absolute atomic E-state index is 0.472. The summed E-state index contributed by atoms with van der Waals surface area (Å²) in [6.07, 6.45) is 4.03. The van der Waals surface area contributed by atoms with Crippen LogP contribution in [0.1, 0.15) is 30.8 Å². The van der Waals surface area contributed by atoms with E-state index < -0.39 is 0 Å². The molecule has 1 saturated carbocycles. The molecule has 0 aromatic carbocycles. The molecular formula is C13H21NOS. The molecule has 16 heavy (non-hydrogen) atoms. The van der Waals surface area contributed by atoms with Crippen LogP contribution in [0.5, 0.6) is 0 Å². The highest BCUT2D eigenvalue weighted by Crippen LogP contribution is 2.42. The van der Waals surface area contributed by atoms with E-state index >= 15 is 0 Å². The number of aryl methyl sites for hydroxylation is 1. The highest BCUT2D eigenvalue weighted by atomic mass is 32.1. The van der Waals surface area contributed by atoms with Crippen LogP contribution in [0.15, 0.2) is 16.5 Å². The molecule has 0 atom stereocenters. The molecule has 0 bridgehead atoms. The van der Waals surface area contributed by atoms with Crippen LogP contribution in [0.25, 0.3) is 0 Å². The maximum Gasteiger partial charge on any atom is 0.118 e. The number of nitrogens with zero attached hydrogens (tertiary/aromatic N) is 1. The summed E-state index contributed by atoms with van der Waals surface area (Å²) in [4.78, 5) is 2.35. The Morgan fingerprint density at radius 2 is 2.19 bits per heavy atom. The molecule has 0 N–H and O–H groups in total. The highest BCUT2D eigenvalue weighted by Gasteiger charge is 2.36. The van der Waals surface area contributed by atoms with Crippen LogP contribution in [-0.4, -0.2) is 24.2 Å². The van der Waals surface area contributed by atoms with E-state index in [1.165, 1.54) is 19.3 Å². The summed E-state index contributed by atoms with van der Waals surface area (Å²) in [6, 6.07) is 4.10. The third kappa shape index (κ3) is 2.64. The Labute approximate surface area is 103 Å². The van der Waals surface area contributed by atoms with E-state index in [9.17, 15) is 0 Å². The van der Waals surface area contributed by atoms with E-state index in [1.54, 1.807) is 0 Å². The largest absolute Gasteiger partial charge is 0.465 e. The van der Waals surface area contributed by atoms with E-state index in [1.807, 2.05) is 13.0 Å². The summed E-state index contributed by atoms with van der Waals surface area (Å²) in [6.45, 7) is 4.03. The van der Waals surface area contributed by atoms with Gasteiger partial charge in [0.15, 0.2) is 0 Å². The van der Waals surface area contributed by atoms with Crippen LogP contribution < -0.4 is 0 Å². The van der Waals surface area contributed by atoms with Gasteiger partial charge in [0.1, 0.15) is 11.5 Å². The van der Waals surface area contributed by atoms with Crippen molar-refractivity contribution in [3.05, 3.63) is 23.7 Å². The van der Waals surface area contributed by atoms with Gasteiger partial charge in [-0.15, -0.1) is 0 Å². The Kier molecular flexibility index (Phi) is 3.65. The summed E-state index contributed by atoms with van der Waals surface area (Å²) in [5.74, 6) is 3.07. The van der Waals surface area contributed by atoms with Gasteiger partial charge in [0.2, 0.25) is 0 Å². The van der Waals surface area contributed by atoms with Crippen LogP contribution in [-0.2, 0) is 6.54 Å². The Hall–Kier alpha value is -0.410. The molecule has 1 aliphatic rings. The van der Waals surface area contributed by atoms with E-state index in [0.717, 1.165) is 30.4 Å². The van der Waals surface area contributed by atoms with E-state index in [-0.39, 0.29) is 0 Å². The number of rotatable bonds is 5. The average molecular weight is 239 g/mol. The number of hydrogen-bond donors (Lipinski definition) is 1. The number of furan rings is 1. The van der Waals surface area contributed by atoms with Crippen molar-refractivity contribution in [2.45, 2.75) is 32.7 Å². The molecule has 0 unspecified atom stereocenters. The van der Waals surface area contributed by atoms with Gasteiger partial charge in [0.25, 0.3) is 0 Å². The standard InChI is InChI=1S/C13H21NOS/c1-11-4-5-12(15-11)8-14(2)9-13(10-16)6-3-7-13/h4-5,16H,3,6-10H2,1-2H3. The first kappa shape index (κ1) is 12.1. The highest BCUT2D eigenvalue weighted by molar-refractivity contribution is 7.80. The molecule has 1 aliphatic carbocycles. The molecule has 2 rings (SSSR count). The molecule has 3 heteroatoms. The van der Waals surface area contributed by atoms with Crippen LogP contribution in [0.3, 0.4) is 0 Å². The van der Waals surface area contributed by atoms with Crippen LogP contribution >= 0.6 is 12.6 Å². The van der Waals surface area contributed by atoms with Gasteiger partial charge < -0.3 is 4.42 Å². The smallest absolute Gasteiger partial charge is 0.118 e. The van der Waals surface area contributed by atoms with Crippen molar-refractivity contribution < 1.29 is 4.42 Å². The molecule has 0 amide bonds. The van der Waals surface area contributed by atoms with Crippen LogP contribution in [0.2, 0.25) is 0 Å². The van der Waals surface area contributed by atoms with Crippen molar-refractivity contribution >= 4 is 12.6 Å². The summed E-state index contributed by atoms with van der Waals surface area (Å²) < 4.78 is 5.59. The molecule has 0 aliphatic heterocycles. The molecule has 1 aromatic heterocycles. The summed E-state index contributed by atoms with van der Waals surface area (Å²) >= 11 is 4.49. The molecule has 1 heterocycles. The van der Waals surface area contributed by atoms with Gasteiger partial charge in [-0.2, -0.15) is 12.6 Å². The van der Waals surface area contributed by atoms with Gasteiger partial charge in [-0.3, -0.25) is 4.90 Å². The number of thiol groups is 1. The number of hydrogen-bond acceptors (Lipinski definition) is 3. The summed E-state index contributed by atoms with van der Waals surface area (Å²) in [5.41, 5.74) is 0.472. The predicted molar refractivity (Wildman–Crippen MR) is 69.9 cm³/mol. The lowest BCUT2D eigenvalue weighted by Gasteiger charge is -2.43. The van der Waals surface area contributed by atoms with Gasteiger partial charge >= 0.3 is 0 Å². The zero-order valence-corrected chi connectivity index (χ0v) is 11.1. The molecule has 0 spiro atoms. The Bertz CT molecular complexity index is 338. The van der Waals surface area contributed by atoms with Gasteiger partial charge in [-0.1, -0.05) is 6.42 Å². The van der Waals surface area contributed by atoms with Crippen LogP contribution in [0, 0.1) is 12.3 Å². The minimum Gasteiger partial charge on any atom is -0.465 e. The van der Waals surface area contributed by atoms with Crippen LogP contribution in [0.4, 0.5) is 0 Å². The normalized spacial score (nSPS) is 18.8. The molecule has 2 nitrogen and oxygen atoms in total. The van der Waals surface area contributed by atoms with Crippen molar-refractivity contribution in [2.24, 2.45) is 5.41 Å². The SMILES string of the molecule is Cc1ccc(CN(C)CC2(CS)CCC2)o1. The van der Waals surface area contributed by atoms with Crippen molar-refractivity contribution in [2.75, 3.05) is 19.3 Å². The van der Waals surface area contributed by atoms with Crippen molar-refractivity contribution in [1.82, 2.24) is 4.90 Å². The zero-order valence-electron chi connectivity index (χ0n) is 10.2. The van der Waals surface area contributed by atoms with Gasteiger partial charge in [-0.05, 0) is 50.1 Å². The molecule has 0 saturated heterocycles. The summed E-state index contributed by atoms with van der Waals surface area (Å²) in [5, 5.41) is 0. The van der Waals surface area contributed by atoms with Crippen molar-refractivity contribution in [3.8, 4) is 0 Å². The third-order valence-corrected chi connectivity index (χ3v) is 4.25. The van der Waals surface area contributed by atoms with Gasteiger partial charge in [-0.25, -0.2) is 0 Å². The van der Waals surface area contributed by atoms with E-state index in [0.29, 0.717) is 5.41 Å². The Morgan fingerprint density at radius 3 is 2.62 bits per heavy atom. The maximum absolute atomic E-state index is 5.59. The van der Waals surface area contributed by atoms with Crippen molar-refractivity contribution in [1.29, 1.82) is 0 Å². The first-order chi connectivity index (χ1) is 7.63. The quantitative estimate of drug-likeness (QED) is 0.795. The second kappa shape index (κ2) is 4.84. The zero-order chi connectivity index (χ0) is 11.6. The molecule has 1 fully saturated rings. The fourth-order valence-electron chi connectivity index (χ4n) is 2.51. The van der Waals surface area contributed by atoms with E-state index in [4.69, 9.17) is 4.42 Å². The lowest BCUT2D eigenvalue weighted by atomic mass is 9.70. The fourth-order valence-corrected chi connectivity index (χ4v) is 2.92. The van der Waals surface area contributed by atoms with Crippen molar-refractivity contribution in [3.63, 3.8) is 0 Å². The minimum atomic E-state index is 0.472. The topological polar surface area (TPSA) is 16.4 Å². The molecular weight excluding hydrogens is 218 g/mol. The van der Waals surface area contributed by atoms with E-state index in [2.05, 4.69) is 30.6 Å². The van der Waals surface area contributed by atoms with Gasteiger partial charge in [0.05, 0.1) is 6.54 Å². The lowest BCUT2D eigenvalue weighted by Crippen LogP contribution is -2.42. The predicted octanol–water partition coefficient (Wildman–Crippen LogP) is 3.12. The second-order valence-electron chi connectivity index (χ2n) is 5.20. The maximum atomic E-state index is 5.59. The first-order valence-corrected chi connectivity index (χ1v) is 6.62. The average Bonchev–Trinajstić information content (AvgIpc) is 2.57. The monoisotopic (exact) mass is 239 g/mol. The summed E-state index contributed by atoms with van der Waals surface area (Å²) in [7, 11) is 2.17. The Morgan fingerprint density at radius 1 is 1.44 bits per heavy atom. The molecule has 0 radical (unpaired) electrons. The molecule has 1 aromatic rings. The second-order valence-corrected chi connectivity index (χ2v) is 5.51. The molecule has 90 valence electrons. The fraction of sp³-hybridized carbons (Fsp3) is 0.692. The Balaban J connectivity index is 1.86. The third-order valence-electron chi connectivity index (χ3n) is 3.58. The lowest BCUT2D eigenvalue weighted by molar-refractivity contribution is 0.0977.